The molecule has 0 aliphatic carbocycles. The predicted octanol–water partition coefficient (Wildman–Crippen LogP) is 0.393. The van der Waals surface area contributed by atoms with E-state index in [2.05, 4.69) is 22.0 Å². The molecule has 2 heterocycles. The highest BCUT2D eigenvalue weighted by molar-refractivity contribution is 4.89. The molecule has 0 radical (unpaired) electrons. The van der Waals surface area contributed by atoms with Crippen LogP contribution in [0.3, 0.4) is 0 Å². The van der Waals surface area contributed by atoms with Gasteiger partial charge in [0.05, 0.1) is 6.61 Å². The van der Waals surface area contributed by atoms with Crippen molar-refractivity contribution in [3.8, 4) is 0 Å². The first kappa shape index (κ1) is 13.3. The van der Waals surface area contributed by atoms with E-state index in [9.17, 15) is 0 Å². The van der Waals surface area contributed by atoms with Gasteiger partial charge in [-0.05, 0) is 6.42 Å². The fourth-order valence-electron chi connectivity index (χ4n) is 2.55. The summed E-state index contributed by atoms with van der Waals surface area (Å²) in [4.78, 5) is 5.14. The number of unbranched alkanes of at least 4 members (excludes halogenated alkanes) is 1. The van der Waals surface area contributed by atoms with Crippen molar-refractivity contribution in [3.05, 3.63) is 0 Å². The molecule has 4 nitrogen and oxygen atoms in total. The third-order valence-corrected chi connectivity index (χ3v) is 3.80. The maximum Gasteiger partial charge on any atom is 0.0593 e. The molecule has 100 valence electrons. The van der Waals surface area contributed by atoms with Gasteiger partial charge < -0.3 is 10.1 Å². The van der Waals surface area contributed by atoms with E-state index >= 15 is 0 Å². The van der Waals surface area contributed by atoms with E-state index in [1.165, 1.54) is 39.0 Å². The highest BCUT2D eigenvalue weighted by Gasteiger charge is 2.31. The molecular weight excluding hydrogens is 214 g/mol. The third kappa shape index (κ3) is 4.21. The molecule has 0 unspecified atom stereocenters. The SMILES string of the molecule is CCCCOCCN1CC(N2CCNCC2)C1. The minimum atomic E-state index is 0.813. The number of hydrogen-bond acceptors (Lipinski definition) is 4. The first-order chi connectivity index (χ1) is 8.40. The Morgan fingerprint density at radius 2 is 1.94 bits per heavy atom. The molecule has 2 aliphatic rings. The van der Waals surface area contributed by atoms with Gasteiger partial charge in [0.25, 0.3) is 0 Å². The number of nitrogens with one attached hydrogen (secondary N) is 1. The summed E-state index contributed by atoms with van der Waals surface area (Å²) in [6.07, 6.45) is 2.43. The number of piperazine rings is 1. The quantitative estimate of drug-likeness (QED) is 0.653. The molecule has 2 saturated heterocycles. The maximum absolute atomic E-state index is 5.60. The molecule has 0 aromatic carbocycles. The minimum Gasteiger partial charge on any atom is -0.380 e. The summed E-state index contributed by atoms with van der Waals surface area (Å²) in [5, 5.41) is 3.41. The fraction of sp³-hybridized carbons (Fsp3) is 1.00. The largest absolute Gasteiger partial charge is 0.380 e. The van der Waals surface area contributed by atoms with Crippen molar-refractivity contribution in [1.29, 1.82) is 0 Å². The van der Waals surface area contributed by atoms with Crippen LogP contribution in [-0.2, 0) is 4.74 Å². The van der Waals surface area contributed by atoms with Crippen molar-refractivity contribution in [1.82, 2.24) is 15.1 Å². The monoisotopic (exact) mass is 241 g/mol. The highest BCUT2D eigenvalue weighted by atomic mass is 16.5. The van der Waals surface area contributed by atoms with Crippen molar-refractivity contribution < 1.29 is 4.74 Å². The molecule has 0 saturated carbocycles. The number of ether oxygens (including phenoxy) is 1. The highest BCUT2D eigenvalue weighted by Crippen LogP contribution is 2.14. The second-order valence-corrected chi connectivity index (χ2v) is 5.17. The van der Waals surface area contributed by atoms with Crippen molar-refractivity contribution in [2.45, 2.75) is 25.8 Å². The van der Waals surface area contributed by atoms with E-state index < -0.39 is 0 Å². The molecule has 1 N–H and O–H groups in total. The maximum atomic E-state index is 5.60. The average Bonchev–Trinajstić information content (AvgIpc) is 2.32. The van der Waals surface area contributed by atoms with Crippen molar-refractivity contribution in [2.24, 2.45) is 0 Å². The van der Waals surface area contributed by atoms with Gasteiger partial charge in [-0.15, -0.1) is 0 Å². The second-order valence-electron chi connectivity index (χ2n) is 5.17. The van der Waals surface area contributed by atoms with Gasteiger partial charge >= 0.3 is 0 Å². The Balaban J connectivity index is 1.47. The van der Waals surface area contributed by atoms with Crippen LogP contribution in [0.25, 0.3) is 0 Å². The Hall–Kier alpha value is -0.160. The molecule has 17 heavy (non-hydrogen) atoms. The summed E-state index contributed by atoms with van der Waals surface area (Å²) in [6, 6.07) is 0.813. The molecule has 0 atom stereocenters. The minimum absolute atomic E-state index is 0.813. The third-order valence-electron chi connectivity index (χ3n) is 3.80. The lowest BCUT2D eigenvalue weighted by atomic mass is 10.1. The Morgan fingerprint density at radius 3 is 2.65 bits per heavy atom. The van der Waals surface area contributed by atoms with Crippen molar-refractivity contribution >= 4 is 0 Å². The Bertz CT molecular complexity index is 201. The van der Waals surface area contributed by atoms with Gasteiger partial charge in [0, 0.05) is 58.5 Å². The topological polar surface area (TPSA) is 27.7 Å². The Kier molecular flexibility index (Phi) is 5.71. The van der Waals surface area contributed by atoms with Crippen LogP contribution in [0.15, 0.2) is 0 Å². The summed E-state index contributed by atoms with van der Waals surface area (Å²) in [7, 11) is 0. The van der Waals surface area contributed by atoms with Gasteiger partial charge in [-0.1, -0.05) is 13.3 Å². The Labute approximate surface area is 105 Å². The van der Waals surface area contributed by atoms with Crippen molar-refractivity contribution in [3.63, 3.8) is 0 Å². The molecule has 2 rings (SSSR count). The van der Waals surface area contributed by atoms with E-state index in [-0.39, 0.29) is 0 Å². The molecule has 2 fully saturated rings. The van der Waals surface area contributed by atoms with Crippen LogP contribution < -0.4 is 5.32 Å². The van der Waals surface area contributed by atoms with Crippen LogP contribution >= 0.6 is 0 Å². The molecule has 0 bridgehead atoms. The van der Waals surface area contributed by atoms with Crippen LogP contribution in [0, 0.1) is 0 Å². The molecule has 0 aromatic heterocycles. The first-order valence-electron chi connectivity index (χ1n) is 7.15. The summed E-state index contributed by atoms with van der Waals surface area (Å²) in [6.45, 7) is 12.4. The van der Waals surface area contributed by atoms with Crippen LogP contribution in [0.5, 0.6) is 0 Å². The summed E-state index contributed by atoms with van der Waals surface area (Å²) >= 11 is 0. The van der Waals surface area contributed by atoms with Gasteiger partial charge in [-0.2, -0.15) is 0 Å². The smallest absolute Gasteiger partial charge is 0.0593 e. The molecular formula is C13H27N3O. The standard InChI is InChI=1S/C13H27N3O/c1-2-3-9-17-10-8-15-11-13(12-15)16-6-4-14-5-7-16/h13-14H,2-12H2,1H3. The van der Waals surface area contributed by atoms with Gasteiger partial charge in [-0.3, -0.25) is 9.80 Å². The Morgan fingerprint density at radius 1 is 1.18 bits per heavy atom. The summed E-state index contributed by atoms with van der Waals surface area (Å²) in [5.74, 6) is 0. The lowest BCUT2D eigenvalue weighted by Crippen LogP contribution is -2.63. The van der Waals surface area contributed by atoms with Gasteiger partial charge in [0.1, 0.15) is 0 Å². The normalized spacial score (nSPS) is 23.8. The van der Waals surface area contributed by atoms with Crippen molar-refractivity contribution in [2.75, 3.05) is 59.0 Å². The predicted molar refractivity (Wildman–Crippen MR) is 70.4 cm³/mol. The van der Waals surface area contributed by atoms with Crippen LogP contribution in [-0.4, -0.2) is 74.9 Å². The van der Waals surface area contributed by atoms with Gasteiger partial charge in [0.2, 0.25) is 0 Å². The van der Waals surface area contributed by atoms with E-state index in [4.69, 9.17) is 4.74 Å². The zero-order valence-electron chi connectivity index (χ0n) is 11.2. The van der Waals surface area contributed by atoms with Gasteiger partial charge in [0.15, 0.2) is 0 Å². The number of rotatable bonds is 7. The number of hydrogen-bond donors (Lipinski definition) is 1. The molecule has 0 spiro atoms. The zero-order chi connectivity index (χ0) is 11.9. The van der Waals surface area contributed by atoms with E-state index in [1.54, 1.807) is 0 Å². The summed E-state index contributed by atoms with van der Waals surface area (Å²) in [5.41, 5.74) is 0. The second kappa shape index (κ2) is 7.31. The molecule has 4 heteroatoms. The number of nitrogens with zero attached hydrogens (tertiary/aromatic N) is 2. The van der Waals surface area contributed by atoms with E-state index in [0.29, 0.717) is 0 Å². The first-order valence-corrected chi connectivity index (χ1v) is 7.15. The molecule has 0 amide bonds. The lowest BCUT2D eigenvalue weighted by molar-refractivity contribution is 0.00662. The molecule has 2 aliphatic heterocycles. The van der Waals surface area contributed by atoms with E-state index in [1.807, 2.05) is 0 Å². The van der Waals surface area contributed by atoms with Crippen LogP contribution in [0.2, 0.25) is 0 Å². The van der Waals surface area contributed by atoms with Crippen LogP contribution in [0.1, 0.15) is 19.8 Å². The molecule has 0 aromatic rings. The van der Waals surface area contributed by atoms with Gasteiger partial charge in [-0.25, -0.2) is 0 Å². The van der Waals surface area contributed by atoms with E-state index in [0.717, 1.165) is 38.9 Å². The summed E-state index contributed by atoms with van der Waals surface area (Å²) < 4.78 is 5.60. The number of likely N-dealkylation sites (tertiary alicyclic amines) is 1. The average molecular weight is 241 g/mol. The zero-order valence-corrected chi connectivity index (χ0v) is 11.2. The van der Waals surface area contributed by atoms with Crippen LogP contribution in [0.4, 0.5) is 0 Å². The lowest BCUT2D eigenvalue weighted by Gasteiger charge is -2.46. The fourth-order valence-corrected chi connectivity index (χ4v) is 2.55.